The van der Waals surface area contributed by atoms with Gasteiger partial charge in [0.1, 0.15) is 0 Å². The third-order valence-electron chi connectivity index (χ3n) is 0.161. The van der Waals surface area contributed by atoms with Gasteiger partial charge in [-0.3, -0.25) is 0 Å². The van der Waals surface area contributed by atoms with Crippen molar-refractivity contribution in [3.8, 4) is 0 Å². The first-order valence-electron chi connectivity index (χ1n) is 1.22. The van der Waals surface area contributed by atoms with Crippen molar-refractivity contribution in [2.45, 2.75) is 5.31 Å². The summed E-state index contributed by atoms with van der Waals surface area (Å²) < 4.78 is 21.8. The summed E-state index contributed by atoms with van der Waals surface area (Å²) in [6, 6.07) is 0. The summed E-state index contributed by atoms with van der Waals surface area (Å²) in [5.41, 5.74) is 0. The molecule has 1 N–H and O–H groups in total. The van der Waals surface area contributed by atoms with Crippen molar-refractivity contribution in [3.63, 3.8) is 0 Å². The van der Waals surface area contributed by atoms with Crippen LogP contribution >= 0.6 is 11.6 Å². The molecule has 1 atom stereocenters. The molecule has 0 fully saturated rings. The molecule has 0 radical (unpaired) electrons. The lowest BCUT2D eigenvalue weighted by Crippen LogP contribution is -2.14. The summed E-state index contributed by atoms with van der Waals surface area (Å²) >= 11 is 4.23. The first-order chi connectivity index (χ1) is 2.56. The predicted molar refractivity (Wildman–Crippen MR) is 17.9 cm³/mol. The summed E-state index contributed by atoms with van der Waals surface area (Å²) in [5.74, 6) is 0. The summed E-state index contributed by atoms with van der Waals surface area (Å²) in [4.78, 5) is 0. The van der Waals surface area contributed by atoms with Crippen molar-refractivity contribution in [1.82, 2.24) is 0 Å². The van der Waals surface area contributed by atoms with Crippen LogP contribution in [0.25, 0.3) is 0 Å². The van der Waals surface area contributed by atoms with Gasteiger partial charge in [-0.1, -0.05) is 0 Å². The van der Waals surface area contributed by atoms with E-state index in [1.165, 1.54) is 0 Å². The van der Waals surface area contributed by atoms with Crippen LogP contribution in [0.2, 0.25) is 0 Å². The van der Waals surface area contributed by atoms with Gasteiger partial charge in [0.2, 0.25) is 0 Å². The third-order valence-corrected chi connectivity index (χ3v) is 0.262. The van der Waals surface area contributed by atoms with Gasteiger partial charge in [-0.25, -0.2) is 4.39 Å². The molecule has 0 aliphatic rings. The minimum atomic E-state index is -3.15. The summed E-state index contributed by atoms with van der Waals surface area (Å²) in [5, 5.41) is 4.40. The molecule has 0 heterocycles. The molecule has 0 saturated heterocycles. The Labute approximate surface area is 38.5 Å². The molecule has 0 aromatic heterocycles. The Morgan fingerprint density at radius 1 is 1.83 bits per heavy atom. The van der Waals surface area contributed by atoms with E-state index in [9.17, 15) is 8.78 Å². The highest BCUT2D eigenvalue weighted by atomic mass is 35.5. The molecular weight excluding hydrogens is 113 g/mol. The molecular formula is C2H3ClF2O. The molecule has 0 amide bonds. The first kappa shape index (κ1) is 6.11. The Morgan fingerprint density at radius 2 is 2.00 bits per heavy atom. The van der Waals surface area contributed by atoms with Crippen molar-refractivity contribution in [3.05, 3.63) is 0 Å². The highest BCUT2D eigenvalue weighted by molar-refractivity contribution is 6.21. The van der Waals surface area contributed by atoms with E-state index in [2.05, 4.69) is 11.6 Å². The topological polar surface area (TPSA) is 20.2 Å². The van der Waals surface area contributed by atoms with Crippen molar-refractivity contribution in [2.75, 3.05) is 6.67 Å². The molecule has 0 bridgehead atoms. The van der Waals surface area contributed by atoms with Gasteiger partial charge >= 0.3 is 5.31 Å². The zero-order valence-corrected chi connectivity index (χ0v) is 3.54. The van der Waals surface area contributed by atoms with E-state index >= 15 is 0 Å². The monoisotopic (exact) mass is 116 g/mol. The average molecular weight is 116 g/mol. The van der Waals surface area contributed by atoms with E-state index in [1.807, 2.05) is 0 Å². The number of alkyl halides is 3. The van der Waals surface area contributed by atoms with Crippen LogP contribution in [0.1, 0.15) is 0 Å². The molecule has 0 spiro atoms. The van der Waals surface area contributed by atoms with Crippen LogP contribution in [-0.2, 0) is 0 Å². The largest absolute Gasteiger partial charge is 0.348 e. The van der Waals surface area contributed by atoms with Crippen molar-refractivity contribution in [1.29, 1.82) is 0 Å². The number of aliphatic hydroxyl groups is 1. The highest BCUT2D eigenvalue weighted by Gasteiger charge is 2.19. The van der Waals surface area contributed by atoms with Gasteiger partial charge < -0.3 is 5.11 Å². The predicted octanol–water partition coefficient (Wildman–Crippen LogP) is 0.810. The maximum Gasteiger partial charge on any atom is 0.312 e. The number of halogens is 3. The van der Waals surface area contributed by atoms with Gasteiger partial charge in [0.05, 0.1) is 0 Å². The van der Waals surface area contributed by atoms with E-state index in [4.69, 9.17) is 5.11 Å². The minimum Gasteiger partial charge on any atom is -0.348 e. The van der Waals surface area contributed by atoms with Crippen LogP contribution < -0.4 is 0 Å². The van der Waals surface area contributed by atoms with Crippen LogP contribution in [0, 0.1) is 0 Å². The van der Waals surface area contributed by atoms with Gasteiger partial charge in [0.15, 0.2) is 6.67 Å². The molecule has 1 nitrogen and oxygen atoms in total. The Morgan fingerprint density at radius 3 is 2.00 bits per heavy atom. The van der Waals surface area contributed by atoms with E-state index in [0.29, 0.717) is 0 Å². The maximum atomic E-state index is 11.1. The zero-order valence-electron chi connectivity index (χ0n) is 2.79. The summed E-state index contributed by atoms with van der Waals surface area (Å²) in [7, 11) is 0. The second-order valence-electron chi connectivity index (χ2n) is 0.799. The fraction of sp³-hybridized carbons (Fsp3) is 1.00. The van der Waals surface area contributed by atoms with Gasteiger partial charge in [0, 0.05) is 0 Å². The Kier molecular flexibility index (Phi) is 1.74. The van der Waals surface area contributed by atoms with Crippen LogP contribution in [-0.4, -0.2) is 17.1 Å². The standard InChI is InChI=1S/C2H3ClF2O/c3-2(5,6)1-4/h6H,1H2. The number of rotatable bonds is 1. The molecule has 6 heavy (non-hydrogen) atoms. The van der Waals surface area contributed by atoms with Crippen LogP contribution in [0.15, 0.2) is 0 Å². The fourth-order valence-corrected chi connectivity index (χ4v) is 0. The van der Waals surface area contributed by atoms with Gasteiger partial charge in [-0.05, 0) is 11.6 Å². The van der Waals surface area contributed by atoms with E-state index < -0.39 is 12.0 Å². The lowest BCUT2D eigenvalue weighted by molar-refractivity contribution is -0.0246. The molecule has 0 saturated carbocycles. The van der Waals surface area contributed by atoms with Crippen LogP contribution in [0.4, 0.5) is 8.78 Å². The van der Waals surface area contributed by atoms with Crippen molar-refractivity contribution in [2.24, 2.45) is 0 Å². The first-order valence-corrected chi connectivity index (χ1v) is 1.60. The van der Waals surface area contributed by atoms with Crippen molar-refractivity contribution < 1.29 is 13.9 Å². The molecule has 0 aliphatic carbocycles. The third kappa shape index (κ3) is 4.11. The maximum absolute atomic E-state index is 11.1. The Balaban J connectivity index is 3.17. The van der Waals surface area contributed by atoms with Gasteiger partial charge in [-0.15, -0.1) is 0 Å². The second-order valence-corrected chi connectivity index (χ2v) is 1.38. The van der Waals surface area contributed by atoms with Crippen LogP contribution in [0.5, 0.6) is 0 Å². The molecule has 0 aliphatic heterocycles. The second kappa shape index (κ2) is 1.71. The molecule has 0 rings (SSSR count). The van der Waals surface area contributed by atoms with E-state index in [-0.39, 0.29) is 0 Å². The Hall–Kier alpha value is 0.110. The summed E-state index contributed by atoms with van der Waals surface area (Å²) in [6.07, 6.45) is 0. The summed E-state index contributed by atoms with van der Waals surface area (Å²) in [6.45, 7) is -1.57. The fourth-order valence-electron chi connectivity index (χ4n) is 0. The van der Waals surface area contributed by atoms with E-state index in [1.54, 1.807) is 0 Å². The quantitative estimate of drug-likeness (QED) is 0.503. The van der Waals surface area contributed by atoms with Crippen LogP contribution in [0.3, 0.4) is 0 Å². The zero-order chi connectivity index (χ0) is 5.21. The lowest BCUT2D eigenvalue weighted by Gasteiger charge is -1.99. The highest BCUT2D eigenvalue weighted by Crippen LogP contribution is 2.10. The minimum absolute atomic E-state index is 1.57. The average Bonchev–Trinajstić information content (AvgIpc) is 1.35. The number of hydrogen-bond acceptors (Lipinski definition) is 1. The van der Waals surface area contributed by atoms with Gasteiger partial charge in [-0.2, -0.15) is 4.39 Å². The SMILES string of the molecule is OC(F)(Cl)CF. The number of hydrogen-bond donors (Lipinski definition) is 1. The molecule has 0 aromatic carbocycles. The lowest BCUT2D eigenvalue weighted by atomic mass is 10.8. The Bertz CT molecular complexity index is 41.3. The smallest absolute Gasteiger partial charge is 0.312 e. The molecule has 38 valence electrons. The van der Waals surface area contributed by atoms with Crippen molar-refractivity contribution >= 4 is 11.6 Å². The molecule has 4 heteroatoms. The van der Waals surface area contributed by atoms with E-state index in [0.717, 1.165) is 0 Å². The normalized spacial score (nSPS) is 20.0. The van der Waals surface area contributed by atoms with Gasteiger partial charge in [0.25, 0.3) is 0 Å². The molecule has 0 aromatic rings. The molecule has 1 unspecified atom stereocenters.